The van der Waals surface area contributed by atoms with Crippen LogP contribution in [-0.4, -0.2) is 30.8 Å². The number of rotatable bonds is 4. The molecule has 2 aromatic heterocycles. The molecule has 0 fully saturated rings. The Bertz CT molecular complexity index is 886. The van der Waals surface area contributed by atoms with Gasteiger partial charge in [0.05, 0.1) is 0 Å². The Kier molecular flexibility index (Phi) is 3.85. The van der Waals surface area contributed by atoms with Gasteiger partial charge in [0.15, 0.2) is 0 Å². The number of nitrogens with one attached hydrogen (secondary N) is 1. The fraction of sp³-hybridized carbons (Fsp3) is 0.235. The third kappa shape index (κ3) is 2.94. The van der Waals surface area contributed by atoms with Gasteiger partial charge in [-0.15, -0.1) is 0 Å². The lowest BCUT2D eigenvalue weighted by Crippen LogP contribution is -2.27. The van der Waals surface area contributed by atoms with Crippen molar-refractivity contribution < 1.29 is 9.90 Å². The first kappa shape index (κ1) is 15.6. The molecule has 0 amide bonds. The average Bonchev–Trinajstić information content (AvgIpc) is 2.94. The number of carboxylic acid groups (broad SMARTS) is 1. The molecular weight excluding hydrogens is 310 g/mol. The van der Waals surface area contributed by atoms with Gasteiger partial charge in [-0.3, -0.25) is 4.79 Å². The summed E-state index contributed by atoms with van der Waals surface area (Å²) in [6.45, 7) is 5.38. The zero-order chi connectivity index (χ0) is 16.6. The van der Waals surface area contributed by atoms with Crippen LogP contribution in [0.15, 0.2) is 41.9 Å². The standard InChI is InChI=1S/C17H17N3O2S/c1-10-6-12(11-4-5-19-14(11)7-10)13-8-18-9-20-15(13)23-17(2,3)16(21)22/h4-9,19H,1-3H3,(H,21,22). The number of aryl methyl sites for hydroxylation is 1. The second-order valence-electron chi connectivity index (χ2n) is 5.91. The lowest BCUT2D eigenvalue weighted by atomic mass is 10.0. The van der Waals surface area contributed by atoms with Gasteiger partial charge in [-0.2, -0.15) is 0 Å². The number of fused-ring (bicyclic) bond motifs is 1. The first-order chi connectivity index (χ1) is 10.9. The van der Waals surface area contributed by atoms with Gasteiger partial charge >= 0.3 is 5.97 Å². The molecule has 23 heavy (non-hydrogen) atoms. The molecule has 2 N–H and O–H groups in total. The molecule has 2 heterocycles. The largest absolute Gasteiger partial charge is 0.480 e. The predicted molar refractivity (Wildman–Crippen MR) is 91.6 cm³/mol. The minimum absolute atomic E-state index is 0.667. The van der Waals surface area contributed by atoms with Crippen molar-refractivity contribution in [3.05, 3.63) is 42.5 Å². The van der Waals surface area contributed by atoms with Crippen LogP contribution in [0.5, 0.6) is 0 Å². The van der Waals surface area contributed by atoms with Crippen LogP contribution in [0.1, 0.15) is 19.4 Å². The first-order valence-electron chi connectivity index (χ1n) is 7.19. The van der Waals surface area contributed by atoms with Gasteiger partial charge in [0, 0.05) is 28.9 Å². The number of H-pyrrole nitrogens is 1. The smallest absolute Gasteiger partial charge is 0.319 e. The van der Waals surface area contributed by atoms with Crippen molar-refractivity contribution in [3.8, 4) is 11.1 Å². The number of thioether (sulfide) groups is 1. The van der Waals surface area contributed by atoms with E-state index in [0.29, 0.717) is 5.03 Å². The Morgan fingerprint density at radius 3 is 2.83 bits per heavy atom. The predicted octanol–water partition coefficient (Wildman–Crippen LogP) is 3.89. The summed E-state index contributed by atoms with van der Waals surface area (Å²) in [4.78, 5) is 23.1. The summed E-state index contributed by atoms with van der Waals surface area (Å²) in [5, 5.41) is 11.1. The third-order valence-corrected chi connectivity index (χ3v) is 4.85. The minimum Gasteiger partial charge on any atom is -0.480 e. The van der Waals surface area contributed by atoms with E-state index < -0.39 is 10.7 Å². The summed E-state index contributed by atoms with van der Waals surface area (Å²) in [6, 6.07) is 6.16. The average molecular weight is 327 g/mol. The quantitative estimate of drug-likeness (QED) is 0.561. The molecule has 0 radical (unpaired) electrons. The van der Waals surface area contributed by atoms with Crippen LogP contribution in [0, 0.1) is 6.92 Å². The minimum atomic E-state index is -0.968. The summed E-state index contributed by atoms with van der Waals surface area (Å²) < 4.78 is -0.968. The van der Waals surface area contributed by atoms with Gasteiger partial charge in [-0.1, -0.05) is 17.8 Å². The highest BCUT2D eigenvalue weighted by atomic mass is 32.2. The van der Waals surface area contributed by atoms with E-state index in [1.165, 1.54) is 18.1 Å². The molecule has 0 aliphatic carbocycles. The normalized spacial score (nSPS) is 11.8. The molecule has 0 aliphatic rings. The summed E-state index contributed by atoms with van der Waals surface area (Å²) in [7, 11) is 0. The first-order valence-corrected chi connectivity index (χ1v) is 8.00. The van der Waals surface area contributed by atoms with Crippen molar-refractivity contribution in [2.75, 3.05) is 0 Å². The van der Waals surface area contributed by atoms with E-state index in [1.807, 2.05) is 19.2 Å². The van der Waals surface area contributed by atoms with Gasteiger partial charge in [-0.05, 0) is 44.0 Å². The number of aromatic amines is 1. The molecule has 6 heteroatoms. The van der Waals surface area contributed by atoms with E-state index in [9.17, 15) is 9.90 Å². The van der Waals surface area contributed by atoms with Crippen LogP contribution >= 0.6 is 11.8 Å². The lowest BCUT2D eigenvalue weighted by molar-refractivity contribution is -0.138. The molecule has 0 saturated carbocycles. The summed E-state index contributed by atoms with van der Waals surface area (Å²) in [6.07, 6.45) is 5.09. The summed E-state index contributed by atoms with van der Waals surface area (Å²) >= 11 is 1.23. The molecule has 0 spiro atoms. The second-order valence-corrected chi connectivity index (χ2v) is 7.52. The molecule has 3 aromatic rings. The molecule has 0 saturated heterocycles. The van der Waals surface area contributed by atoms with Gasteiger partial charge < -0.3 is 10.1 Å². The van der Waals surface area contributed by atoms with Crippen molar-refractivity contribution in [2.45, 2.75) is 30.5 Å². The number of nitrogens with zero attached hydrogens (tertiary/aromatic N) is 2. The van der Waals surface area contributed by atoms with E-state index in [2.05, 4.69) is 27.1 Å². The van der Waals surface area contributed by atoms with Crippen molar-refractivity contribution in [2.24, 2.45) is 0 Å². The zero-order valence-electron chi connectivity index (χ0n) is 13.1. The van der Waals surface area contributed by atoms with Crippen LogP contribution in [0.25, 0.3) is 22.0 Å². The molecule has 3 rings (SSSR count). The van der Waals surface area contributed by atoms with Crippen LogP contribution in [-0.2, 0) is 4.79 Å². The summed E-state index contributed by atoms with van der Waals surface area (Å²) in [5.74, 6) is -0.872. The molecule has 118 valence electrons. The zero-order valence-corrected chi connectivity index (χ0v) is 13.9. The fourth-order valence-electron chi connectivity index (χ4n) is 2.40. The van der Waals surface area contributed by atoms with E-state index in [0.717, 1.165) is 27.6 Å². The van der Waals surface area contributed by atoms with Crippen LogP contribution in [0.3, 0.4) is 0 Å². The van der Waals surface area contributed by atoms with Gasteiger partial charge in [-0.25, -0.2) is 9.97 Å². The topological polar surface area (TPSA) is 78.9 Å². The monoisotopic (exact) mass is 327 g/mol. The number of benzene rings is 1. The Morgan fingerprint density at radius 1 is 1.30 bits per heavy atom. The van der Waals surface area contributed by atoms with Crippen LogP contribution in [0.2, 0.25) is 0 Å². The maximum absolute atomic E-state index is 11.4. The molecule has 0 unspecified atom stereocenters. The number of hydrogen-bond acceptors (Lipinski definition) is 4. The second kappa shape index (κ2) is 5.70. The van der Waals surface area contributed by atoms with Gasteiger partial charge in [0.25, 0.3) is 0 Å². The molecule has 5 nitrogen and oxygen atoms in total. The van der Waals surface area contributed by atoms with Crippen molar-refractivity contribution in [1.82, 2.24) is 15.0 Å². The number of aliphatic carboxylic acids is 1. The molecule has 0 atom stereocenters. The molecular formula is C17H17N3O2S. The van der Waals surface area contributed by atoms with E-state index in [4.69, 9.17) is 0 Å². The van der Waals surface area contributed by atoms with Crippen molar-refractivity contribution >= 4 is 28.6 Å². The van der Waals surface area contributed by atoms with E-state index >= 15 is 0 Å². The number of carboxylic acids is 1. The van der Waals surface area contributed by atoms with Gasteiger partial charge in [0.2, 0.25) is 0 Å². The molecule has 0 aliphatic heterocycles. The number of carbonyl (C=O) groups is 1. The lowest BCUT2D eigenvalue weighted by Gasteiger charge is -2.19. The van der Waals surface area contributed by atoms with E-state index in [-0.39, 0.29) is 0 Å². The maximum atomic E-state index is 11.4. The van der Waals surface area contributed by atoms with Crippen molar-refractivity contribution in [3.63, 3.8) is 0 Å². The Labute approximate surface area is 138 Å². The highest BCUT2D eigenvalue weighted by Crippen LogP contribution is 2.39. The van der Waals surface area contributed by atoms with Crippen molar-refractivity contribution in [1.29, 1.82) is 0 Å². The van der Waals surface area contributed by atoms with Crippen LogP contribution in [0.4, 0.5) is 0 Å². The van der Waals surface area contributed by atoms with Crippen LogP contribution < -0.4 is 0 Å². The third-order valence-electron chi connectivity index (χ3n) is 3.65. The Balaban J connectivity index is 2.17. The molecule has 0 bridgehead atoms. The highest BCUT2D eigenvalue weighted by Gasteiger charge is 2.30. The Hall–Kier alpha value is -2.34. The maximum Gasteiger partial charge on any atom is 0.319 e. The number of hydrogen-bond donors (Lipinski definition) is 2. The number of aromatic nitrogens is 3. The highest BCUT2D eigenvalue weighted by molar-refractivity contribution is 8.01. The van der Waals surface area contributed by atoms with Gasteiger partial charge in [0.1, 0.15) is 16.1 Å². The molecule has 1 aromatic carbocycles. The van der Waals surface area contributed by atoms with E-state index in [1.54, 1.807) is 20.0 Å². The SMILES string of the molecule is Cc1cc(-c2cncnc2SC(C)(C)C(=O)O)c2cc[nH]c2c1. The summed E-state index contributed by atoms with van der Waals surface area (Å²) in [5.41, 5.74) is 4.01. The Morgan fingerprint density at radius 2 is 2.09 bits per heavy atom. The fourth-order valence-corrected chi connectivity index (χ4v) is 3.35.